The van der Waals surface area contributed by atoms with E-state index in [0.29, 0.717) is 19.3 Å². The van der Waals surface area contributed by atoms with Crippen LogP contribution >= 0.6 is 0 Å². The van der Waals surface area contributed by atoms with E-state index in [1.54, 1.807) is 0 Å². The summed E-state index contributed by atoms with van der Waals surface area (Å²) in [4.78, 5) is 38.3. The zero-order valence-corrected chi connectivity index (χ0v) is 53.2. The molecule has 0 aliphatic rings. The van der Waals surface area contributed by atoms with Crippen molar-refractivity contribution in [1.29, 1.82) is 0 Å². The lowest BCUT2D eigenvalue weighted by Crippen LogP contribution is -2.30. The number of hydrogen-bond acceptors (Lipinski definition) is 6. The van der Waals surface area contributed by atoms with Gasteiger partial charge in [0.15, 0.2) is 6.10 Å². The van der Waals surface area contributed by atoms with E-state index < -0.39 is 6.10 Å². The van der Waals surface area contributed by atoms with Gasteiger partial charge in [0, 0.05) is 19.3 Å². The van der Waals surface area contributed by atoms with Crippen LogP contribution in [0.1, 0.15) is 412 Å². The molecule has 0 N–H and O–H groups in total. The third kappa shape index (κ3) is 65.0. The predicted octanol–water partition coefficient (Wildman–Crippen LogP) is 24.4. The van der Waals surface area contributed by atoms with Gasteiger partial charge in [-0.1, -0.05) is 360 Å². The van der Waals surface area contributed by atoms with E-state index in [9.17, 15) is 14.4 Å². The lowest BCUT2D eigenvalue weighted by atomic mass is 10.0. The van der Waals surface area contributed by atoms with Crippen LogP contribution in [0, 0.1) is 0 Å². The molecule has 0 aliphatic carbocycles. The van der Waals surface area contributed by atoms with Crippen molar-refractivity contribution in [2.75, 3.05) is 13.2 Å². The van der Waals surface area contributed by atoms with Crippen molar-refractivity contribution in [3.63, 3.8) is 0 Å². The van der Waals surface area contributed by atoms with Crippen LogP contribution in [0.2, 0.25) is 0 Å². The lowest BCUT2D eigenvalue weighted by molar-refractivity contribution is -0.167. The number of carbonyl (C=O) groups excluding carboxylic acids is 3. The third-order valence-electron chi connectivity index (χ3n) is 16.5. The lowest BCUT2D eigenvalue weighted by Gasteiger charge is -2.18. The van der Waals surface area contributed by atoms with Crippen molar-refractivity contribution in [2.24, 2.45) is 0 Å². The van der Waals surface area contributed by atoms with Crippen LogP contribution in [0.15, 0.2) is 12.2 Å². The Morgan fingerprint density at radius 2 is 0.423 bits per heavy atom. The Morgan fingerprint density at radius 1 is 0.244 bits per heavy atom. The number of rotatable bonds is 67. The summed E-state index contributed by atoms with van der Waals surface area (Å²) in [6.07, 6.45) is 81.3. The van der Waals surface area contributed by atoms with Crippen LogP contribution in [0.25, 0.3) is 0 Å². The molecule has 0 saturated heterocycles. The van der Waals surface area contributed by atoms with Gasteiger partial charge in [-0.3, -0.25) is 14.4 Å². The maximum absolute atomic E-state index is 12.9. The van der Waals surface area contributed by atoms with Crippen LogP contribution in [-0.2, 0) is 28.6 Å². The Labute approximate surface area is 488 Å². The average molecular weight is 1100 g/mol. The fraction of sp³-hybridized carbons (Fsp3) is 0.931. The maximum atomic E-state index is 12.9. The summed E-state index contributed by atoms with van der Waals surface area (Å²) < 4.78 is 16.9. The highest BCUT2D eigenvalue weighted by atomic mass is 16.6. The molecule has 0 amide bonds. The van der Waals surface area contributed by atoms with Crippen molar-refractivity contribution in [1.82, 2.24) is 0 Å². The molecule has 0 aromatic rings. The summed E-state index contributed by atoms with van der Waals surface area (Å²) >= 11 is 0. The first-order valence-electron chi connectivity index (χ1n) is 35.7. The molecule has 0 rings (SSSR count). The average Bonchev–Trinajstić information content (AvgIpc) is 3.44. The molecule has 462 valence electrons. The zero-order chi connectivity index (χ0) is 56.4. The smallest absolute Gasteiger partial charge is 0.306 e. The normalized spacial score (nSPS) is 12.0. The Bertz CT molecular complexity index is 1210. The minimum Gasteiger partial charge on any atom is -0.462 e. The second kappa shape index (κ2) is 67.7. The molecular weight excluding hydrogens is 961 g/mol. The Morgan fingerprint density at radius 3 is 0.667 bits per heavy atom. The zero-order valence-electron chi connectivity index (χ0n) is 53.2. The van der Waals surface area contributed by atoms with Crippen molar-refractivity contribution >= 4 is 17.9 Å². The first kappa shape index (κ1) is 76.1. The summed E-state index contributed by atoms with van der Waals surface area (Å²) in [5.74, 6) is -0.846. The Balaban J connectivity index is 4.00. The van der Waals surface area contributed by atoms with E-state index in [1.165, 1.54) is 308 Å². The topological polar surface area (TPSA) is 78.9 Å². The monoisotopic (exact) mass is 1100 g/mol. The van der Waals surface area contributed by atoms with Crippen LogP contribution in [0.4, 0.5) is 0 Å². The summed E-state index contributed by atoms with van der Waals surface area (Å²) in [5.41, 5.74) is 0. The van der Waals surface area contributed by atoms with Gasteiger partial charge in [-0.2, -0.15) is 0 Å². The van der Waals surface area contributed by atoms with Gasteiger partial charge in [0.2, 0.25) is 0 Å². The molecule has 6 nitrogen and oxygen atoms in total. The fourth-order valence-corrected chi connectivity index (χ4v) is 11.2. The number of hydrogen-bond donors (Lipinski definition) is 0. The molecule has 0 radical (unpaired) electrons. The number of carbonyl (C=O) groups is 3. The molecule has 1 unspecified atom stereocenters. The molecule has 0 aliphatic heterocycles. The highest BCUT2D eigenvalue weighted by molar-refractivity contribution is 5.71. The van der Waals surface area contributed by atoms with Crippen molar-refractivity contribution < 1.29 is 28.6 Å². The first-order valence-corrected chi connectivity index (χ1v) is 35.7. The van der Waals surface area contributed by atoms with Gasteiger partial charge in [0.1, 0.15) is 13.2 Å². The molecule has 78 heavy (non-hydrogen) atoms. The van der Waals surface area contributed by atoms with Gasteiger partial charge in [0.05, 0.1) is 0 Å². The molecule has 0 saturated carbocycles. The van der Waals surface area contributed by atoms with E-state index in [4.69, 9.17) is 14.2 Å². The first-order chi connectivity index (χ1) is 38.5. The molecule has 6 heteroatoms. The SMILES string of the molecule is CCCCC/C=C\CCCCCCCC(=O)OCC(COC(=O)CCCCCCCCCCCCCCCCCCCCCCCCCCCCCCCCCCCC)OC(=O)CCCCCCCCCCCCCCCC. The van der Waals surface area contributed by atoms with Crippen molar-refractivity contribution in [3.05, 3.63) is 12.2 Å². The maximum Gasteiger partial charge on any atom is 0.306 e. The molecule has 0 fully saturated rings. The molecule has 0 aromatic carbocycles. The highest BCUT2D eigenvalue weighted by Crippen LogP contribution is 2.19. The third-order valence-corrected chi connectivity index (χ3v) is 16.5. The van der Waals surface area contributed by atoms with Gasteiger partial charge in [-0.15, -0.1) is 0 Å². The predicted molar refractivity (Wildman–Crippen MR) is 340 cm³/mol. The van der Waals surface area contributed by atoms with Gasteiger partial charge < -0.3 is 14.2 Å². The number of unbranched alkanes of at least 4 members (excludes halogenated alkanes) is 54. The molecule has 1 atom stereocenters. The van der Waals surface area contributed by atoms with Gasteiger partial charge >= 0.3 is 17.9 Å². The molecule has 0 aromatic heterocycles. The molecule has 0 bridgehead atoms. The molecular formula is C72H138O6. The second-order valence-corrected chi connectivity index (χ2v) is 24.5. The van der Waals surface area contributed by atoms with Crippen LogP contribution in [0.3, 0.4) is 0 Å². The fourth-order valence-electron chi connectivity index (χ4n) is 11.2. The van der Waals surface area contributed by atoms with Crippen LogP contribution < -0.4 is 0 Å². The van der Waals surface area contributed by atoms with E-state index in [-0.39, 0.29) is 31.1 Å². The van der Waals surface area contributed by atoms with E-state index in [1.807, 2.05) is 0 Å². The quantitative estimate of drug-likeness (QED) is 0.0261. The highest BCUT2D eigenvalue weighted by Gasteiger charge is 2.19. The minimum absolute atomic E-state index is 0.0662. The molecule has 0 heterocycles. The summed E-state index contributed by atoms with van der Waals surface area (Å²) in [5, 5.41) is 0. The van der Waals surface area contributed by atoms with Gasteiger partial charge in [-0.05, 0) is 44.9 Å². The van der Waals surface area contributed by atoms with Gasteiger partial charge in [-0.25, -0.2) is 0 Å². The second-order valence-electron chi connectivity index (χ2n) is 24.5. The van der Waals surface area contributed by atoms with E-state index in [2.05, 4.69) is 32.9 Å². The standard InChI is InChI=1S/C72H138O6/c1-4-7-10-13-16-19-22-25-27-28-29-30-31-32-33-34-35-36-37-38-39-40-41-42-43-44-45-46-48-50-53-56-59-62-65-71(74)77-68-69(67-76-70(73)64-61-58-55-52-49-24-21-18-15-12-9-6-3)78-72(75)66-63-60-57-54-51-47-26-23-20-17-14-11-8-5-2/h18,21,69H,4-17,19-20,22-68H2,1-3H3/b21-18-. The van der Waals surface area contributed by atoms with Crippen molar-refractivity contribution in [2.45, 2.75) is 419 Å². The summed E-state index contributed by atoms with van der Waals surface area (Å²) in [7, 11) is 0. The largest absolute Gasteiger partial charge is 0.462 e. The van der Waals surface area contributed by atoms with E-state index in [0.717, 1.165) is 64.2 Å². The van der Waals surface area contributed by atoms with Crippen molar-refractivity contribution in [3.8, 4) is 0 Å². The Kier molecular flexibility index (Phi) is 66.0. The van der Waals surface area contributed by atoms with Crippen LogP contribution in [-0.4, -0.2) is 37.2 Å². The number of esters is 3. The molecule has 0 spiro atoms. The number of ether oxygens (including phenoxy) is 3. The summed E-state index contributed by atoms with van der Waals surface area (Å²) in [6, 6.07) is 0. The minimum atomic E-state index is -0.768. The Hall–Kier alpha value is -1.85. The van der Waals surface area contributed by atoms with Crippen LogP contribution in [0.5, 0.6) is 0 Å². The van der Waals surface area contributed by atoms with Gasteiger partial charge in [0.25, 0.3) is 0 Å². The van der Waals surface area contributed by atoms with E-state index >= 15 is 0 Å². The summed E-state index contributed by atoms with van der Waals surface area (Å²) in [6.45, 7) is 6.69. The number of allylic oxidation sites excluding steroid dienone is 2.